The first kappa shape index (κ1) is 17.5. The summed E-state index contributed by atoms with van der Waals surface area (Å²) in [6, 6.07) is 6.39. The van der Waals surface area contributed by atoms with E-state index in [0.29, 0.717) is 17.8 Å². The molecule has 2 saturated heterocycles. The van der Waals surface area contributed by atoms with Crippen molar-refractivity contribution in [1.82, 2.24) is 15.0 Å². The van der Waals surface area contributed by atoms with Crippen LogP contribution in [-0.4, -0.2) is 47.2 Å². The minimum atomic E-state index is -0.285. The van der Waals surface area contributed by atoms with Gasteiger partial charge >= 0.3 is 0 Å². The van der Waals surface area contributed by atoms with E-state index in [0.717, 1.165) is 56.0 Å². The zero-order valence-electron chi connectivity index (χ0n) is 15.7. The van der Waals surface area contributed by atoms with Gasteiger partial charge in [-0.15, -0.1) is 0 Å². The lowest BCUT2D eigenvalue weighted by molar-refractivity contribution is 0.211. The normalized spacial score (nSPS) is 23.5. The van der Waals surface area contributed by atoms with E-state index in [1.807, 2.05) is 19.9 Å². The monoisotopic (exact) mass is 359 g/mol. The van der Waals surface area contributed by atoms with Crippen molar-refractivity contribution in [2.75, 3.05) is 20.2 Å². The molecule has 0 radical (unpaired) electrons. The Bertz CT molecular complexity index is 772. The molecule has 0 unspecified atom stereocenters. The molecule has 2 aliphatic heterocycles. The quantitative estimate of drug-likeness (QED) is 0.819. The van der Waals surface area contributed by atoms with E-state index in [1.54, 1.807) is 12.1 Å². The van der Waals surface area contributed by atoms with Crippen LogP contribution in [0.15, 0.2) is 22.7 Å². The SMILES string of the molecule is COc1ccc(CN2CC[C@H]3[C@@H]2CCN3Cc2c(C)noc2C)cc1F. The number of likely N-dealkylation sites (tertiary alicyclic amines) is 2. The first-order valence-corrected chi connectivity index (χ1v) is 9.29. The standard InChI is InChI=1S/C20H26FN3O2/c1-13-16(14(2)26-22-13)12-24-9-7-18-19(24)6-8-23(18)11-15-4-5-20(25-3)17(21)10-15/h4-5,10,18-19H,6-9,11-12H2,1-3H3/t18-,19-/m0/s1. The highest BCUT2D eigenvalue weighted by Crippen LogP contribution is 2.34. The zero-order valence-corrected chi connectivity index (χ0v) is 15.7. The van der Waals surface area contributed by atoms with Crippen LogP contribution in [0.5, 0.6) is 5.75 Å². The average Bonchev–Trinajstić information content (AvgIpc) is 3.29. The van der Waals surface area contributed by atoms with Crippen LogP contribution in [0.4, 0.5) is 4.39 Å². The number of aryl methyl sites for hydroxylation is 2. The summed E-state index contributed by atoms with van der Waals surface area (Å²) in [7, 11) is 1.50. The lowest BCUT2D eigenvalue weighted by Gasteiger charge is -2.25. The van der Waals surface area contributed by atoms with Gasteiger partial charge in [0, 0.05) is 43.8 Å². The van der Waals surface area contributed by atoms with Gasteiger partial charge in [0.2, 0.25) is 0 Å². The molecule has 140 valence electrons. The number of hydrogen-bond donors (Lipinski definition) is 0. The Morgan fingerprint density at radius 1 is 1.15 bits per heavy atom. The summed E-state index contributed by atoms with van der Waals surface area (Å²) in [4.78, 5) is 5.06. The number of rotatable bonds is 5. The molecular weight excluding hydrogens is 333 g/mol. The molecule has 3 heterocycles. The smallest absolute Gasteiger partial charge is 0.165 e. The fraction of sp³-hybridized carbons (Fsp3) is 0.550. The molecule has 2 fully saturated rings. The number of methoxy groups -OCH3 is 1. The van der Waals surface area contributed by atoms with E-state index in [1.165, 1.54) is 12.7 Å². The van der Waals surface area contributed by atoms with Crippen molar-refractivity contribution in [3.05, 3.63) is 46.6 Å². The second-order valence-electron chi connectivity index (χ2n) is 7.42. The van der Waals surface area contributed by atoms with E-state index in [4.69, 9.17) is 9.26 Å². The Labute approximate surface area is 153 Å². The van der Waals surface area contributed by atoms with Gasteiger partial charge in [0.1, 0.15) is 5.76 Å². The summed E-state index contributed by atoms with van der Waals surface area (Å²) in [5.74, 6) is 0.946. The highest BCUT2D eigenvalue weighted by atomic mass is 19.1. The summed E-state index contributed by atoms with van der Waals surface area (Å²) >= 11 is 0. The van der Waals surface area contributed by atoms with Crippen LogP contribution >= 0.6 is 0 Å². The Hall–Kier alpha value is -1.92. The van der Waals surface area contributed by atoms with Crippen molar-refractivity contribution in [2.24, 2.45) is 0 Å². The molecule has 5 nitrogen and oxygen atoms in total. The van der Waals surface area contributed by atoms with Crippen LogP contribution < -0.4 is 4.74 Å². The maximum atomic E-state index is 14.0. The van der Waals surface area contributed by atoms with E-state index in [9.17, 15) is 4.39 Å². The maximum Gasteiger partial charge on any atom is 0.165 e. The van der Waals surface area contributed by atoms with Crippen molar-refractivity contribution in [3.63, 3.8) is 0 Å². The zero-order chi connectivity index (χ0) is 18.3. The largest absolute Gasteiger partial charge is 0.494 e. The van der Waals surface area contributed by atoms with E-state index >= 15 is 0 Å². The van der Waals surface area contributed by atoms with Crippen LogP contribution in [0.2, 0.25) is 0 Å². The van der Waals surface area contributed by atoms with Gasteiger partial charge in [-0.05, 0) is 44.4 Å². The molecule has 0 spiro atoms. The van der Waals surface area contributed by atoms with Crippen LogP contribution in [0.3, 0.4) is 0 Å². The summed E-state index contributed by atoms with van der Waals surface area (Å²) in [6.45, 7) is 7.85. The summed E-state index contributed by atoms with van der Waals surface area (Å²) in [5.41, 5.74) is 3.23. The van der Waals surface area contributed by atoms with E-state index in [2.05, 4.69) is 15.0 Å². The van der Waals surface area contributed by atoms with Gasteiger partial charge in [0.15, 0.2) is 11.6 Å². The van der Waals surface area contributed by atoms with Gasteiger partial charge in [0.25, 0.3) is 0 Å². The minimum Gasteiger partial charge on any atom is -0.494 e. The molecular formula is C20H26FN3O2. The average molecular weight is 359 g/mol. The van der Waals surface area contributed by atoms with Gasteiger partial charge in [-0.3, -0.25) is 9.80 Å². The second kappa shape index (κ2) is 7.00. The van der Waals surface area contributed by atoms with Gasteiger partial charge in [0.05, 0.1) is 12.8 Å². The third-order valence-electron chi connectivity index (χ3n) is 5.95. The molecule has 2 aromatic rings. The van der Waals surface area contributed by atoms with E-state index < -0.39 is 0 Å². The number of benzene rings is 1. The lowest BCUT2D eigenvalue weighted by Crippen LogP contribution is -2.36. The van der Waals surface area contributed by atoms with Crippen molar-refractivity contribution in [1.29, 1.82) is 0 Å². The maximum absolute atomic E-state index is 14.0. The number of aromatic nitrogens is 1. The molecule has 1 aromatic heterocycles. The first-order valence-electron chi connectivity index (χ1n) is 9.29. The Morgan fingerprint density at radius 3 is 2.42 bits per heavy atom. The van der Waals surface area contributed by atoms with Gasteiger partial charge in [-0.1, -0.05) is 11.2 Å². The number of nitrogens with zero attached hydrogens (tertiary/aromatic N) is 3. The molecule has 1 aromatic carbocycles. The van der Waals surface area contributed by atoms with Crippen LogP contribution in [0.1, 0.15) is 35.4 Å². The number of fused-ring (bicyclic) bond motifs is 1. The Morgan fingerprint density at radius 2 is 1.85 bits per heavy atom. The second-order valence-corrected chi connectivity index (χ2v) is 7.42. The third kappa shape index (κ3) is 3.12. The highest BCUT2D eigenvalue weighted by molar-refractivity contribution is 5.29. The molecule has 0 N–H and O–H groups in total. The molecule has 26 heavy (non-hydrogen) atoms. The predicted octanol–water partition coefficient (Wildman–Crippen LogP) is 3.29. The molecule has 2 atom stereocenters. The molecule has 0 amide bonds. The summed E-state index contributed by atoms with van der Waals surface area (Å²) in [6.07, 6.45) is 2.32. The molecule has 0 bridgehead atoms. The van der Waals surface area contributed by atoms with Crippen LogP contribution in [0, 0.1) is 19.7 Å². The van der Waals surface area contributed by atoms with Crippen molar-refractivity contribution >= 4 is 0 Å². The number of ether oxygens (including phenoxy) is 1. The Kier molecular flexibility index (Phi) is 4.71. The van der Waals surface area contributed by atoms with Gasteiger partial charge in [-0.25, -0.2) is 4.39 Å². The van der Waals surface area contributed by atoms with Crippen molar-refractivity contribution in [2.45, 2.75) is 51.9 Å². The fourth-order valence-electron chi connectivity index (χ4n) is 4.53. The highest BCUT2D eigenvalue weighted by Gasteiger charge is 2.42. The van der Waals surface area contributed by atoms with Crippen LogP contribution in [0.25, 0.3) is 0 Å². The number of hydrogen-bond acceptors (Lipinski definition) is 5. The molecule has 4 rings (SSSR count). The molecule has 6 heteroatoms. The van der Waals surface area contributed by atoms with Crippen LogP contribution in [-0.2, 0) is 13.1 Å². The van der Waals surface area contributed by atoms with Gasteiger partial charge < -0.3 is 9.26 Å². The minimum absolute atomic E-state index is 0.285. The lowest BCUT2D eigenvalue weighted by atomic mass is 10.1. The predicted molar refractivity (Wildman–Crippen MR) is 96.6 cm³/mol. The fourth-order valence-corrected chi connectivity index (χ4v) is 4.53. The molecule has 0 aliphatic carbocycles. The Balaban J connectivity index is 1.43. The summed E-state index contributed by atoms with van der Waals surface area (Å²) in [5, 5.41) is 4.08. The van der Waals surface area contributed by atoms with E-state index in [-0.39, 0.29) is 5.82 Å². The van der Waals surface area contributed by atoms with Crippen molar-refractivity contribution in [3.8, 4) is 5.75 Å². The first-order chi connectivity index (χ1) is 12.6. The molecule has 2 aliphatic rings. The third-order valence-corrected chi connectivity index (χ3v) is 5.95. The summed E-state index contributed by atoms with van der Waals surface area (Å²) < 4.78 is 24.3. The van der Waals surface area contributed by atoms with Gasteiger partial charge in [-0.2, -0.15) is 0 Å². The topological polar surface area (TPSA) is 41.7 Å². The molecule has 0 saturated carbocycles. The number of halogens is 1. The van der Waals surface area contributed by atoms with Crippen molar-refractivity contribution < 1.29 is 13.7 Å².